The van der Waals surface area contributed by atoms with E-state index in [0.29, 0.717) is 0 Å². The Hall–Kier alpha value is -2.72. The number of hydrogen-bond acceptors (Lipinski definition) is 14. The molecule has 0 unspecified atom stereocenters. The number of esters is 3. The predicted octanol–water partition coefficient (Wildman–Crippen LogP) is 2.06. The molecule has 51 heavy (non-hydrogen) atoms. The molecule has 0 aromatic carbocycles. The molecule has 2 rings (SSSR count). The van der Waals surface area contributed by atoms with Crippen molar-refractivity contribution in [2.75, 3.05) is 54.9 Å². The summed E-state index contributed by atoms with van der Waals surface area (Å²) in [6, 6.07) is 0. The van der Waals surface area contributed by atoms with Crippen LogP contribution in [0.4, 0.5) is 0 Å². The van der Waals surface area contributed by atoms with Crippen LogP contribution in [0.2, 0.25) is 19.6 Å². The zero-order valence-electron chi connectivity index (χ0n) is 30.4. The molecule has 0 amide bonds. The predicted molar refractivity (Wildman–Crippen MR) is 192 cm³/mol. The van der Waals surface area contributed by atoms with E-state index in [9.17, 15) is 14.4 Å². The molecule has 0 aliphatic carbocycles. The lowest BCUT2D eigenvalue weighted by Crippen LogP contribution is -2.57. The first kappa shape index (κ1) is 44.4. The van der Waals surface area contributed by atoms with E-state index in [2.05, 4.69) is 45.0 Å². The van der Waals surface area contributed by atoms with E-state index in [1.807, 2.05) is 42.2 Å². The first-order valence-corrected chi connectivity index (χ1v) is 20.6. The second kappa shape index (κ2) is 23.0. The maximum atomic E-state index is 12.4. The molecule has 0 aromatic rings. The average Bonchev–Trinajstić information content (AvgIpc) is 3.05. The van der Waals surface area contributed by atoms with Gasteiger partial charge in [0, 0.05) is 64.7 Å². The van der Waals surface area contributed by atoms with E-state index in [-0.39, 0.29) is 33.6 Å². The molecule has 16 heteroatoms. The normalized spacial score (nSPS) is 28.5. The van der Waals surface area contributed by atoms with Crippen LogP contribution >= 0.6 is 22.6 Å². The van der Waals surface area contributed by atoms with Crippen molar-refractivity contribution >= 4 is 48.6 Å². The summed E-state index contributed by atoms with van der Waals surface area (Å²) in [5, 5.41) is 0. The van der Waals surface area contributed by atoms with Crippen LogP contribution in [-0.2, 0) is 66.5 Å². The van der Waals surface area contributed by atoms with E-state index < -0.39 is 86.6 Å². The smallest absolute Gasteiger partial charge is 0.303 e. The highest BCUT2D eigenvalue weighted by Crippen LogP contribution is 2.32. The summed E-state index contributed by atoms with van der Waals surface area (Å²) < 4.78 is 65.2. The SMILES string of the molecule is COCOC[C@H]1O[C@H](C#CC#C[C@H]2[C@H](OC(C)=O)[C@@H](OC(C)=O)[C@@H](C#C[Si](C)(C)C)O[C@@H]2COC(C)=O)[C@H](OCOC)[C@@H](OCOC)[C@@H]1C#CI. The van der Waals surface area contributed by atoms with Gasteiger partial charge in [-0.05, 0) is 15.8 Å². The van der Waals surface area contributed by atoms with E-state index in [4.69, 9.17) is 52.1 Å². The third-order valence-corrected chi connectivity index (χ3v) is 8.22. The van der Waals surface area contributed by atoms with Crippen LogP contribution in [-0.4, -0.2) is 130 Å². The molecule has 2 fully saturated rings. The van der Waals surface area contributed by atoms with Crippen LogP contribution < -0.4 is 0 Å². The fourth-order valence-corrected chi connectivity index (χ4v) is 6.03. The number of carbonyl (C=O) groups excluding carboxylic acids is 3. The minimum absolute atomic E-state index is 0.0274. The van der Waals surface area contributed by atoms with Crippen LogP contribution in [0.5, 0.6) is 0 Å². The van der Waals surface area contributed by atoms with Gasteiger partial charge in [0.1, 0.15) is 59.5 Å². The Kier molecular flexibility index (Phi) is 20.1. The highest BCUT2D eigenvalue weighted by molar-refractivity contribution is 14.1. The summed E-state index contributed by atoms with van der Waals surface area (Å²) in [4.78, 5) is 36.4. The minimum Gasteiger partial charge on any atom is -0.463 e. The summed E-state index contributed by atoms with van der Waals surface area (Å²) >= 11 is 1.94. The lowest BCUT2D eigenvalue weighted by molar-refractivity contribution is -0.246. The lowest BCUT2D eigenvalue weighted by atomic mass is 9.86. The van der Waals surface area contributed by atoms with Gasteiger partial charge in [-0.2, -0.15) is 0 Å². The molecule has 2 aliphatic rings. The van der Waals surface area contributed by atoms with Gasteiger partial charge in [0.05, 0.1) is 24.5 Å². The molecule has 0 spiro atoms. The number of carbonyl (C=O) groups is 3. The molecule has 0 bridgehead atoms. The monoisotopic (exact) mass is 846 g/mol. The van der Waals surface area contributed by atoms with Gasteiger partial charge in [0.15, 0.2) is 18.3 Å². The van der Waals surface area contributed by atoms with E-state index in [1.165, 1.54) is 42.1 Å². The number of hydrogen-bond donors (Lipinski definition) is 0. The highest BCUT2D eigenvalue weighted by atomic mass is 127. The molecule has 2 saturated heterocycles. The Morgan fingerprint density at radius 1 is 0.647 bits per heavy atom. The van der Waals surface area contributed by atoms with E-state index in [0.717, 1.165) is 0 Å². The van der Waals surface area contributed by atoms with Gasteiger partial charge < -0.3 is 52.1 Å². The Morgan fingerprint density at radius 2 is 1.18 bits per heavy atom. The van der Waals surface area contributed by atoms with E-state index >= 15 is 0 Å². The van der Waals surface area contributed by atoms with Crippen molar-refractivity contribution in [3.63, 3.8) is 0 Å². The van der Waals surface area contributed by atoms with Crippen LogP contribution in [0.25, 0.3) is 0 Å². The Bertz CT molecular complexity index is 1400. The van der Waals surface area contributed by atoms with Crippen molar-refractivity contribution in [1.29, 1.82) is 0 Å². The highest BCUT2D eigenvalue weighted by Gasteiger charge is 2.50. The minimum atomic E-state index is -1.92. The summed E-state index contributed by atoms with van der Waals surface area (Å²) in [6.45, 7) is 9.56. The summed E-state index contributed by atoms with van der Waals surface area (Å²) in [5.74, 6) is 14.5. The fourth-order valence-electron chi connectivity index (χ4n) is 5.10. The van der Waals surface area contributed by atoms with Crippen molar-refractivity contribution < 1.29 is 66.5 Å². The number of rotatable bonds is 14. The second-order valence-electron chi connectivity index (χ2n) is 12.3. The van der Waals surface area contributed by atoms with Gasteiger partial charge >= 0.3 is 17.9 Å². The Labute approximate surface area is 315 Å². The van der Waals surface area contributed by atoms with Crippen LogP contribution in [0.1, 0.15) is 20.8 Å². The molecule has 0 aromatic heterocycles. The molecule has 10 atom stereocenters. The molecule has 0 saturated carbocycles. The van der Waals surface area contributed by atoms with Gasteiger partial charge in [-0.1, -0.05) is 43.3 Å². The molecule has 0 N–H and O–H groups in total. The topological polar surface area (TPSA) is 153 Å². The molecule has 0 radical (unpaired) electrons. The average molecular weight is 847 g/mol. The van der Waals surface area contributed by atoms with E-state index in [1.54, 1.807) is 0 Å². The quantitative estimate of drug-likeness (QED) is 0.0477. The number of halogens is 1. The van der Waals surface area contributed by atoms with Crippen LogP contribution in [0.15, 0.2) is 0 Å². The van der Waals surface area contributed by atoms with Gasteiger partial charge in [-0.15, -0.1) is 5.54 Å². The number of methoxy groups -OCH3 is 3. The fraction of sp³-hybridized carbons (Fsp3) is 0.686. The van der Waals surface area contributed by atoms with Crippen LogP contribution in [0.3, 0.4) is 0 Å². The second-order valence-corrected chi connectivity index (χ2v) is 17.6. The van der Waals surface area contributed by atoms with Crippen molar-refractivity contribution in [2.45, 2.75) is 89.2 Å². The Morgan fingerprint density at radius 3 is 1.73 bits per heavy atom. The number of ether oxygens (including phenoxy) is 11. The third-order valence-electron chi connectivity index (χ3n) is 7.02. The molecular formula is C35H47IO14Si. The zero-order chi connectivity index (χ0) is 38.0. The van der Waals surface area contributed by atoms with Gasteiger partial charge in [-0.25, -0.2) is 0 Å². The maximum absolute atomic E-state index is 12.4. The standard InChI is InChI=1S/C35H47IO14Si/c1-23(37)44-19-31-26(33(47-24(2)38)35(48-25(3)39)29(50-31)15-17-51(7,8)9)12-10-11-13-28-34(46-22-42-6)32(45-21-41-5)27(14-16-36)30(49-28)18-43-20-40-4/h26-35H,18-22H2,1-9H3/t26-,27-,28-,29-,30-,31-,32+,33+,34+,35+/m1/s1. The summed E-state index contributed by atoms with van der Waals surface area (Å²) in [7, 11) is 2.56. The Balaban J connectivity index is 2.63. The molecular weight excluding hydrogens is 799 g/mol. The zero-order valence-corrected chi connectivity index (χ0v) is 33.6. The van der Waals surface area contributed by atoms with Crippen LogP contribution in [0, 0.1) is 56.8 Å². The molecule has 14 nitrogen and oxygen atoms in total. The van der Waals surface area contributed by atoms with Crippen molar-refractivity contribution in [1.82, 2.24) is 0 Å². The van der Waals surface area contributed by atoms with Crippen molar-refractivity contribution in [2.24, 2.45) is 11.8 Å². The van der Waals surface area contributed by atoms with Gasteiger partial charge in [-0.3, -0.25) is 14.4 Å². The van der Waals surface area contributed by atoms with Gasteiger partial charge in [0.2, 0.25) is 0 Å². The molecule has 2 aliphatic heterocycles. The lowest BCUT2D eigenvalue weighted by Gasteiger charge is -2.42. The largest absolute Gasteiger partial charge is 0.463 e. The van der Waals surface area contributed by atoms with Gasteiger partial charge in [0.25, 0.3) is 0 Å². The third kappa shape index (κ3) is 15.4. The van der Waals surface area contributed by atoms with Crippen molar-refractivity contribution in [3.05, 3.63) is 0 Å². The first-order chi connectivity index (χ1) is 24.3. The first-order valence-electron chi connectivity index (χ1n) is 16.0. The molecule has 282 valence electrons. The summed E-state index contributed by atoms with van der Waals surface area (Å²) in [6.07, 6.45) is -7.17. The summed E-state index contributed by atoms with van der Waals surface area (Å²) in [5.41, 5.74) is 3.21. The van der Waals surface area contributed by atoms with Crippen molar-refractivity contribution in [3.8, 4) is 45.0 Å². The maximum Gasteiger partial charge on any atom is 0.303 e. The molecule has 2 heterocycles.